The SMILES string of the molecule is C[C@H](N)Cc1sc2c(NCc3ccco3)cc(Cl)nc2c1C#N.C[C@H](N)Cc1sc2c(NCc3cccs3)cc(Cl)nc2c1C#N.Cc1c(C[C@@H](N)CS(C)(=O)=O)sc2c(NCc3ccco3)cc(Cl)nc12.N[C@H](Cc1sc2c(NCc3cccs3)cc(Cl)nc2c1Br)CC(F)F.[C-]#[N+]C[C@H](N)Cc1sc2c(NCc3cccs3)cc(Cl)nc2c1Cl. The van der Waals surface area contributed by atoms with Crippen LogP contribution in [-0.4, -0.2) is 88.5 Å². The number of rotatable bonds is 30. The largest absolute Gasteiger partial charge is 0.467 e. The number of furan rings is 2. The molecular weight excluding hydrogens is 1910 g/mol. The fourth-order valence-electron chi connectivity index (χ4n) is 12.3. The Balaban J connectivity index is 0.000000148. The monoisotopic (exact) mass is 1980 g/mol. The van der Waals surface area contributed by atoms with E-state index in [9.17, 15) is 27.7 Å². The summed E-state index contributed by atoms with van der Waals surface area (Å²) in [4.78, 5) is 33.6. The molecule has 15 rings (SSSR count). The maximum atomic E-state index is 12.5. The van der Waals surface area contributed by atoms with Crippen molar-refractivity contribution in [2.75, 3.05) is 45.1 Å². The molecule has 22 nitrogen and oxygen atoms in total. The van der Waals surface area contributed by atoms with E-state index in [-0.39, 0.29) is 36.8 Å². The number of sulfone groups is 1. The molecule has 0 spiro atoms. The molecule has 0 radical (unpaired) electrons. The predicted molar refractivity (Wildman–Crippen MR) is 509 cm³/mol. The molecular formula is C81H79BrCl6F2N18O4S9. The lowest BCUT2D eigenvalue weighted by atomic mass is 10.1. The highest BCUT2D eigenvalue weighted by atomic mass is 79.9. The summed E-state index contributed by atoms with van der Waals surface area (Å²) in [5.41, 5.74) is 39.7. The number of pyridine rings is 5. The third kappa shape index (κ3) is 26.3. The van der Waals surface area contributed by atoms with Crippen molar-refractivity contribution in [3.63, 3.8) is 0 Å². The lowest BCUT2D eigenvalue weighted by Gasteiger charge is -2.09. The van der Waals surface area contributed by atoms with E-state index in [1.54, 1.807) is 98.7 Å². The summed E-state index contributed by atoms with van der Waals surface area (Å²) in [6.07, 6.45) is 4.44. The van der Waals surface area contributed by atoms with Gasteiger partial charge in [0.05, 0.1) is 121 Å². The molecule has 0 aromatic carbocycles. The summed E-state index contributed by atoms with van der Waals surface area (Å²) < 4.78 is 64.1. The van der Waals surface area contributed by atoms with Crippen LogP contribution in [0.15, 0.2) is 133 Å². The van der Waals surface area contributed by atoms with E-state index in [4.69, 9.17) is 114 Å². The van der Waals surface area contributed by atoms with Gasteiger partial charge in [-0.25, -0.2) is 48.7 Å². The number of hydrogen-bond acceptors (Lipinski definition) is 29. The number of anilines is 5. The molecule has 121 heavy (non-hydrogen) atoms. The standard InChI is InChI=1S/C17H20ClN3O3S2.C16H15BrClF2N3S2.C16H14Cl2N4S2.C16H15ClN4OS.C16H15ClN4S2/c1-10-14(6-11(19)9-26(2,22)23)25-17-13(7-15(18)21-16(10)17)20-8-12-4-3-5-24-12;17-14-11(4-8(21)5-13(19)20)25-16-10(6-12(18)23-15(14)16)22-7-9-2-1-3-24-9;1-20-7-9(19)5-12-14(18)15-16(24-12)11(6-13(17)22-15)21-8-10-3-2-4-23-10;2*1-9(19)5-13-11(7-18)15-16(23-13)12(6-14(17)21-15)20-8-10-3-2-4-22-10/h3-5,7,11H,6,8-9,19H2,1-2H3,(H,20,21);1-3,6,8,13H,4-5,7,21H2,(H,22,23);2-4,6,9H,5,7-8,19H2,(H,21,22);2*2-4,6,9H,5,8,19H2,1H3,(H,20,21)/t11-;8-;3*9-/m11100/s1. The number of aryl methyl sites for hydroxylation is 1. The van der Waals surface area contributed by atoms with Gasteiger partial charge in [0, 0.05) is 132 Å². The van der Waals surface area contributed by atoms with Gasteiger partial charge in [0.25, 0.3) is 0 Å². The van der Waals surface area contributed by atoms with Gasteiger partial charge in [-0.2, -0.15) is 10.5 Å². The minimum Gasteiger partial charge on any atom is -0.467 e. The van der Waals surface area contributed by atoms with Crippen LogP contribution in [-0.2, 0) is 74.7 Å². The van der Waals surface area contributed by atoms with Crippen molar-refractivity contribution in [2.24, 2.45) is 28.7 Å². The van der Waals surface area contributed by atoms with Crippen LogP contribution in [0.1, 0.15) is 87.5 Å². The predicted octanol–water partition coefficient (Wildman–Crippen LogP) is 22.7. The second kappa shape index (κ2) is 44.4. The van der Waals surface area contributed by atoms with Crippen molar-refractivity contribution in [3.05, 3.63) is 234 Å². The molecule has 0 bridgehead atoms. The van der Waals surface area contributed by atoms with Crippen LogP contribution in [0.3, 0.4) is 0 Å². The van der Waals surface area contributed by atoms with Gasteiger partial charge >= 0.3 is 0 Å². The Labute approximate surface area is 767 Å². The Morgan fingerprint density at radius 2 is 0.868 bits per heavy atom. The molecule has 5 atom stereocenters. The van der Waals surface area contributed by atoms with E-state index in [1.807, 2.05) is 91.5 Å². The Bertz CT molecular complexity index is 6080. The third-order valence-corrected chi connectivity index (χ3v) is 30.2. The summed E-state index contributed by atoms with van der Waals surface area (Å²) in [5, 5.41) is 44.4. The smallest absolute Gasteiger partial charge is 0.240 e. The summed E-state index contributed by atoms with van der Waals surface area (Å²) in [5.74, 6) is 1.59. The van der Waals surface area contributed by atoms with Crippen LogP contribution in [0.25, 0.3) is 55.9 Å². The molecule has 0 unspecified atom stereocenters. The molecule has 40 heteroatoms. The van der Waals surface area contributed by atoms with Gasteiger partial charge in [-0.3, -0.25) is 0 Å². The number of alkyl halides is 2. The van der Waals surface area contributed by atoms with Crippen molar-refractivity contribution in [1.29, 1.82) is 10.5 Å². The normalized spacial score (nSPS) is 12.6. The first-order chi connectivity index (χ1) is 57.9. The minimum absolute atomic E-state index is 0.00633. The first-order valence-corrected chi connectivity index (χ1v) is 48.8. The van der Waals surface area contributed by atoms with Gasteiger partial charge in [-0.1, -0.05) is 87.8 Å². The maximum absolute atomic E-state index is 12.5. The molecule has 0 aliphatic rings. The zero-order chi connectivity index (χ0) is 86.8. The van der Waals surface area contributed by atoms with E-state index in [0.717, 1.165) is 122 Å². The maximum Gasteiger partial charge on any atom is 0.240 e. The van der Waals surface area contributed by atoms with Gasteiger partial charge in [-0.15, -0.1) is 90.7 Å². The Morgan fingerprint density at radius 3 is 1.26 bits per heavy atom. The van der Waals surface area contributed by atoms with E-state index >= 15 is 0 Å². The minimum atomic E-state index is -3.11. The molecule has 634 valence electrons. The molecule has 15 aromatic rings. The Kier molecular flexibility index (Phi) is 34.6. The fraction of sp³-hybridized carbons (Fsp3) is 0.284. The highest BCUT2D eigenvalue weighted by Gasteiger charge is 2.26. The van der Waals surface area contributed by atoms with Gasteiger partial charge in [0.15, 0.2) is 0 Å². The molecule has 15 N–H and O–H groups in total. The van der Waals surface area contributed by atoms with Gasteiger partial charge in [0.1, 0.15) is 75.8 Å². The molecule has 15 heterocycles. The number of halogens is 9. The van der Waals surface area contributed by atoms with Crippen molar-refractivity contribution >= 4 is 266 Å². The second-order valence-corrected chi connectivity index (χ2v) is 41.6. The van der Waals surface area contributed by atoms with E-state index in [2.05, 4.69) is 103 Å². The second-order valence-electron chi connectivity index (χ2n) is 27.7. The third-order valence-electron chi connectivity index (χ3n) is 17.6. The summed E-state index contributed by atoms with van der Waals surface area (Å²) in [7, 11) is -3.11. The van der Waals surface area contributed by atoms with Gasteiger partial charge in [0.2, 0.25) is 13.0 Å². The molecule has 0 amide bonds. The molecule has 0 saturated heterocycles. The lowest BCUT2D eigenvalue weighted by molar-refractivity contribution is 0.128. The topological polar surface area (TPSA) is 367 Å². The number of nitrogens with one attached hydrogen (secondary N) is 5. The van der Waals surface area contributed by atoms with Crippen molar-refractivity contribution in [2.45, 2.75) is 129 Å². The van der Waals surface area contributed by atoms with Crippen LogP contribution >= 0.6 is 176 Å². The zero-order valence-corrected chi connectivity index (χ0v) is 78.3. The Hall–Kier alpha value is -7.49. The number of thiophene rings is 8. The van der Waals surface area contributed by atoms with Gasteiger partial charge < -0.3 is 68.9 Å². The van der Waals surface area contributed by atoms with Crippen LogP contribution in [0.5, 0.6) is 0 Å². The number of fused-ring (bicyclic) bond motifs is 5. The molecule has 15 aromatic heterocycles. The van der Waals surface area contributed by atoms with Crippen LogP contribution in [0, 0.1) is 36.2 Å². The van der Waals surface area contributed by atoms with Crippen molar-refractivity contribution in [3.8, 4) is 12.1 Å². The number of nitrogens with zero attached hydrogens (tertiary/aromatic N) is 8. The number of nitrogens with two attached hydrogens (primary N) is 5. The summed E-state index contributed by atoms with van der Waals surface area (Å²) >= 11 is 53.5. The van der Waals surface area contributed by atoms with Crippen LogP contribution in [0.4, 0.5) is 37.2 Å². The zero-order valence-electron chi connectivity index (χ0n) is 64.9. The van der Waals surface area contributed by atoms with Crippen LogP contribution < -0.4 is 55.3 Å². The summed E-state index contributed by atoms with van der Waals surface area (Å²) in [6.45, 7) is 16.2. The Morgan fingerprint density at radius 1 is 0.504 bits per heavy atom. The van der Waals surface area contributed by atoms with E-state index in [0.29, 0.717) is 110 Å². The van der Waals surface area contributed by atoms with Gasteiger partial charge in [-0.05, 0) is 127 Å². The fourth-order valence-corrected chi connectivity index (χ4v) is 23.7. The van der Waals surface area contributed by atoms with Crippen LogP contribution in [0.2, 0.25) is 30.8 Å². The number of aromatic nitrogens is 5. The summed E-state index contributed by atoms with van der Waals surface area (Å²) in [6, 6.07) is 31.8. The average molecular weight is 1990 g/mol. The molecule has 0 aliphatic heterocycles. The lowest BCUT2D eigenvalue weighted by Crippen LogP contribution is -2.31. The quantitative estimate of drug-likeness (QED) is 0.0148. The first-order valence-electron chi connectivity index (χ1n) is 37.0. The highest BCUT2D eigenvalue weighted by Crippen LogP contribution is 2.45. The molecule has 0 saturated carbocycles. The number of hydrogen-bond donors (Lipinski definition) is 10. The molecule has 0 fully saturated rings. The molecule has 0 aliphatic carbocycles. The van der Waals surface area contributed by atoms with Crippen molar-refractivity contribution in [1.82, 2.24) is 24.9 Å². The average Bonchev–Trinajstić information content (AvgIpc) is 1.66. The van der Waals surface area contributed by atoms with Crippen molar-refractivity contribution < 1.29 is 26.0 Å². The van der Waals surface area contributed by atoms with E-state index in [1.165, 1.54) is 43.6 Å². The van der Waals surface area contributed by atoms with E-state index < -0.39 is 28.3 Å². The number of nitriles is 2. The first kappa shape index (κ1) is 94.2. The highest BCUT2D eigenvalue weighted by molar-refractivity contribution is 9.10.